The van der Waals surface area contributed by atoms with Gasteiger partial charge in [-0.05, 0) is 42.7 Å². The van der Waals surface area contributed by atoms with E-state index in [2.05, 4.69) is 10.6 Å². The summed E-state index contributed by atoms with van der Waals surface area (Å²) in [7, 11) is 0. The molecule has 26 heavy (non-hydrogen) atoms. The number of nitrogens with one attached hydrogen (secondary N) is 2. The smallest absolute Gasteiger partial charge is 0.252 e. The molecule has 0 saturated carbocycles. The van der Waals surface area contributed by atoms with Gasteiger partial charge in [-0.1, -0.05) is 38.1 Å². The Morgan fingerprint density at radius 3 is 2.31 bits per heavy atom. The second kappa shape index (κ2) is 8.29. The lowest BCUT2D eigenvalue weighted by Gasteiger charge is -2.22. The van der Waals surface area contributed by atoms with Crippen LogP contribution in [0.5, 0.6) is 0 Å². The van der Waals surface area contributed by atoms with Crippen LogP contribution in [0.1, 0.15) is 40.1 Å². The van der Waals surface area contributed by atoms with E-state index < -0.39 is 11.9 Å². The zero-order chi connectivity index (χ0) is 19.3. The van der Waals surface area contributed by atoms with Crippen molar-refractivity contribution in [3.63, 3.8) is 0 Å². The van der Waals surface area contributed by atoms with E-state index in [1.807, 2.05) is 32.9 Å². The SMILES string of the molecule is Cc1ccccc1C(=O)N[C@H](C(=O)Nc1cccc(C(N)=O)c1)C(C)C. The summed E-state index contributed by atoms with van der Waals surface area (Å²) < 4.78 is 0. The zero-order valence-electron chi connectivity index (χ0n) is 15.1. The number of carbonyl (C=O) groups excluding carboxylic acids is 3. The van der Waals surface area contributed by atoms with E-state index in [1.54, 1.807) is 30.3 Å². The van der Waals surface area contributed by atoms with Gasteiger partial charge in [0.15, 0.2) is 0 Å². The third-order valence-electron chi connectivity index (χ3n) is 4.04. The minimum absolute atomic E-state index is 0.123. The Kier molecular flexibility index (Phi) is 6.11. The molecule has 0 aliphatic heterocycles. The molecule has 2 rings (SSSR count). The van der Waals surface area contributed by atoms with Crippen LogP contribution in [0, 0.1) is 12.8 Å². The first-order chi connectivity index (χ1) is 12.3. The molecule has 0 aromatic heterocycles. The van der Waals surface area contributed by atoms with E-state index in [1.165, 1.54) is 6.07 Å². The van der Waals surface area contributed by atoms with E-state index in [-0.39, 0.29) is 17.7 Å². The molecule has 136 valence electrons. The molecule has 4 N–H and O–H groups in total. The van der Waals surface area contributed by atoms with Crippen LogP contribution in [0.2, 0.25) is 0 Å². The summed E-state index contributed by atoms with van der Waals surface area (Å²) in [4.78, 5) is 36.4. The van der Waals surface area contributed by atoms with Gasteiger partial charge in [-0.3, -0.25) is 14.4 Å². The summed E-state index contributed by atoms with van der Waals surface area (Å²) in [6, 6.07) is 12.8. The maximum atomic E-state index is 12.6. The second-order valence-corrected chi connectivity index (χ2v) is 6.44. The minimum atomic E-state index is -0.723. The highest BCUT2D eigenvalue weighted by molar-refractivity contribution is 6.02. The van der Waals surface area contributed by atoms with Crippen molar-refractivity contribution >= 4 is 23.4 Å². The van der Waals surface area contributed by atoms with Crippen LogP contribution in [0.25, 0.3) is 0 Å². The number of hydrogen-bond acceptors (Lipinski definition) is 3. The molecule has 0 bridgehead atoms. The lowest BCUT2D eigenvalue weighted by molar-refractivity contribution is -0.118. The summed E-state index contributed by atoms with van der Waals surface area (Å²) >= 11 is 0. The van der Waals surface area contributed by atoms with Gasteiger partial charge in [0.1, 0.15) is 6.04 Å². The molecule has 0 aliphatic carbocycles. The van der Waals surface area contributed by atoms with Gasteiger partial charge < -0.3 is 16.4 Å². The minimum Gasteiger partial charge on any atom is -0.366 e. The molecule has 0 aliphatic rings. The van der Waals surface area contributed by atoms with Gasteiger partial charge in [0.2, 0.25) is 11.8 Å². The molecule has 6 heteroatoms. The van der Waals surface area contributed by atoms with Crippen LogP contribution in [-0.2, 0) is 4.79 Å². The number of aryl methyl sites for hydroxylation is 1. The molecule has 0 radical (unpaired) electrons. The van der Waals surface area contributed by atoms with Crippen LogP contribution >= 0.6 is 0 Å². The number of nitrogens with two attached hydrogens (primary N) is 1. The largest absolute Gasteiger partial charge is 0.366 e. The van der Waals surface area contributed by atoms with E-state index in [9.17, 15) is 14.4 Å². The van der Waals surface area contributed by atoms with Crippen LogP contribution in [0.15, 0.2) is 48.5 Å². The van der Waals surface area contributed by atoms with Crippen molar-refractivity contribution in [2.45, 2.75) is 26.8 Å². The zero-order valence-corrected chi connectivity index (χ0v) is 15.1. The van der Waals surface area contributed by atoms with Gasteiger partial charge in [-0.2, -0.15) is 0 Å². The summed E-state index contributed by atoms with van der Waals surface area (Å²) in [5.41, 5.74) is 7.37. The van der Waals surface area contributed by atoms with Crippen LogP contribution in [-0.4, -0.2) is 23.8 Å². The van der Waals surface area contributed by atoms with Crippen molar-refractivity contribution in [3.8, 4) is 0 Å². The highest BCUT2D eigenvalue weighted by Crippen LogP contribution is 2.14. The fourth-order valence-corrected chi connectivity index (χ4v) is 2.55. The predicted molar refractivity (Wildman–Crippen MR) is 101 cm³/mol. The van der Waals surface area contributed by atoms with Gasteiger partial charge >= 0.3 is 0 Å². The molecule has 0 unspecified atom stereocenters. The van der Waals surface area contributed by atoms with Crippen molar-refractivity contribution in [2.24, 2.45) is 11.7 Å². The quantitative estimate of drug-likeness (QED) is 0.743. The third kappa shape index (κ3) is 4.69. The standard InChI is InChI=1S/C20H23N3O3/c1-12(2)17(23-19(25)16-10-5-4-7-13(16)3)20(26)22-15-9-6-8-14(11-15)18(21)24/h4-12,17H,1-3H3,(H2,21,24)(H,22,26)(H,23,25)/t17-/m0/s1. The Labute approximate surface area is 152 Å². The highest BCUT2D eigenvalue weighted by Gasteiger charge is 2.25. The van der Waals surface area contributed by atoms with Crippen molar-refractivity contribution in [2.75, 3.05) is 5.32 Å². The molecule has 0 saturated heterocycles. The van der Waals surface area contributed by atoms with Crippen LogP contribution in [0.4, 0.5) is 5.69 Å². The van der Waals surface area contributed by atoms with Crippen LogP contribution in [0.3, 0.4) is 0 Å². The molecule has 6 nitrogen and oxygen atoms in total. The number of amides is 3. The predicted octanol–water partition coefficient (Wildman–Crippen LogP) is 2.49. The van der Waals surface area contributed by atoms with Gasteiger partial charge in [-0.15, -0.1) is 0 Å². The van der Waals surface area contributed by atoms with Crippen molar-refractivity contribution in [3.05, 3.63) is 65.2 Å². The van der Waals surface area contributed by atoms with Crippen molar-refractivity contribution in [1.29, 1.82) is 0 Å². The third-order valence-corrected chi connectivity index (χ3v) is 4.04. The fraction of sp³-hybridized carbons (Fsp3) is 0.250. The molecular formula is C20H23N3O3. The first kappa shape index (κ1) is 19.2. The van der Waals surface area contributed by atoms with Crippen molar-refractivity contribution < 1.29 is 14.4 Å². The monoisotopic (exact) mass is 353 g/mol. The molecule has 2 aromatic carbocycles. The normalized spacial score (nSPS) is 11.7. The molecule has 3 amide bonds. The average Bonchev–Trinajstić information content (AvgIpc) is 2.59. The van der Waals surface area contributed by atoms with Crippen molar-refractivity contribution in [1.82, 2.24) is 5.32 Å². The van der Waals surface area contributed by atoms with Gasteiger partial charge in [-0.25, -0.2) is 0 Å². The number of hydrogen-bond donors (Lipinski definition) is 3. The number of anilines is 1. The van der Waals surface area contributed by atoms with E-state index in [0.29, 0.717) is 16.8 Å². The Balaban J connectivity index is 2.15. The van der Waals surface area contributed by atoms with Gasteiger partial charge in [0, 0.05) is 16.8 Å². The summed E-state index contributed by atoms with van der Waals surface area (Å²) in [5, 5.41) is 5.52. The molecule has 0 heterocycles. The average molecular weight is 353 g/mol. The Morgan fingerprint density at radius 2 is 1.69 bits per heavy atom. The summed E-state index contributed by atoms with van der Waals surface area (Å²) in [5.74, 6) is -1.36. The number of rotatable bonds is 6. The lowest BCUT2D eigenvalue weighted by Crippen LogP contribution is -2.47. The molecular weight excluding hydrogens is 330 g/mol. The molecule has 0 spiro atoms. The molecule has 2 aromatic rings. The maximum Gasteiger partial charge on any atom is 0.252 e. The van der Waals surface area contributed by atoms with Gasteiger partial charge in [0.05, 0.1) is 0 Å². The Bertz CT molecular complexity index is 831. The van der Waals surface area contributed by atoms with E-state index in [4.69, 9.17) is 5.73 Å². The lowest BCUT2D eigenvalue weighted by atomic mass is 10.0. The molecule has 1 atom stereocenters. The van der Waals surface area contributed by atoms with Crippen LogP contribution < -0.4 is 16.4 Å². The highest BCUT2D eigenvalue weighted by atomic mass is 16.2. The number of carbonyl (C=O) groups is 3. The first-order valence-electron chi connectivity index (χ1n) is 8.37. The van der Waals surface area contributed by atoms with Gasteiger partial charge in [0.25, 0.3) is 5.91 Å². The Hall–Kier alpha value is -3.15. The number of benzene rings is 2. The molecule has 0 fully saturated rings. The fourth-order valence-electron chi connectivity index (χ4n) is 2.55. The first-order valence-corrected chi connectivity index (χ1v) is 8.37. The van der Waals surface area contributed by atoms with E-state index >= 15 is 0 Å². The number of primary amides is 1. The topological polar surface area (TPSA) is 101 Å². The Morgan fingerprint density at radius 1 is 1.00 bits per heavy atom. The summed E-state index contributed by atoms with van der Waals surface area (Å²) in [6.45, 7) is 5.54. The second-order valence-electron chi connectivity index (χ2n) is 6.44. The van der Waals surface area contributed by atoms with E-state index in [0.717, 1.165) is 5.56 Å². The maximum absolute atomic E-state index is 12.6. The summed E-state index contributed by atoms with van der Waals surface area (Å²) in [6.07, 6.45) is 0.